The SMILES string of the molecule is NCc1ccccc1C1CCCc2c1ccc1c2ccc2ccccc21. The summed E-state index contributed by atoms with van der Waals surface area (Å²) in [6, 6.07) is 26.7. The molecule has 4 aromatic rings. The van der Waals surface area contributed by atoms with Crippen LogP contribution in [0.5, 0.6) is 0 Å². The van der Waals surface area contributed by atoms with Crippen LogP contribution in [0.15, 0.2) is 72.8 Å². The van der Waals surface area contributed by atoms with Crippen LogP contribution in [0.1, 0.15) is 41.0 Å². The van der Waals surface area contributed by atoms with E-state index in [9.17, 15) is 0 Å². The van der Waals surface area contributed by atoms with E-state index in [-0.39, 0.29) is 0 Å². The van der Waals surface area contributed by atoms with E-state index in [1.54, 1.807) is 0 Å². The minimum atomic E-state index is 0.467. The molecule has 26 heavy (non-hydrogen) atoms. The zero-order valence-corrected chi connectivity index (χ0v) is 14.9. The molecule has 2 N–H and O–H groups in total. The standard InChI is InChI=1S/C25H23N/c26-16-18-7-2-4-9-20(18)21-10-5-11-22-24-13-12-17-6-1-3-8-19(17)23(24)14-15-25(21)22/h1-4,6-9,12-15,21H,5,10-11,16,26H2. The second-order valence-corrected chi connectivity index (χ2v) is 7.36. The Morgan fingerprint density at radius 1 is 0.731 bits per heavy atom. The molecule has 0 aliphatic heterocycles. The van der Waals surface area contributed by atoms with Crippen LogP contribution in [0.2, 0.25) is 0 Å². The van der Waals surface area contributed by atoms with Crippen LogP contribution in [0.3, 0.4) is 0 Å². The van der Waals surface area contributed by atoms with Gasteiger partial charge in [-0.05, 0) is 63.1 Å². The number of hydrogen-bond acceptors (Lipinski definition) is 1. The first-order chi connectivity index (χ1) is 12.9. The molecule has 128 valence electrons. The molecule has 5 rings (SSSR count). The third kappa shape index (κ3) is 2.35. The normalized spacial score (nSPS) is 16.7. The van der Waals surface area contributed by atoms with Crippen LogP contribution in [0.25, 0.3) is 21.5 Å². The van der Waals surface area contributed by atoms with Crippen molar-refractivity contribution in [1.29, 1.82) is 0 Å². The third-order valence-electron chi connectivity index (χ3n) is 6.02. The molecule has 0 amide bonds. The molecule has 0 aromatic heterocycles. The van der Waals surface area contributed by atoms with Gasteiger partial charge >= 0.3 is 0 Å². The molecule has 0 bridgehead atoms. The van der Waals surface area contributed by atoms with Crippen LogP contribution in [-0.2, 0) is 13.0 Å². The van der Waals surface area contributed by atoms with Crippen LogP contribution in [0.4, 0.5) is 0 Å². The van der Waals surface area contributed by atoms with Gasteiger partial charge in [0, 0.05) is 12.5 Å². The zero-order chi connectivity index (χ0) is 17.5. The van der Waals surface area contributed by atoms with Crippen molar-refractivity contribution in [3.63, 3.8) is 0 Å². The fourth-order valence-electron chi connectivity index (χ4n) is 4.79. The Balaban J connectivity index is 1.75. The van der Waals surface area contributed by atoms with Crippen molar-refractivity contribution in [3.8, 4) is 0 Å². The van der Waals surface area contributed by atoms with E-state index < -0.39 is 0 Å². The average Bonchev–Trinajstić information content (AvgIpc) is 2.72. The van der Waals surface area contributed by atoms with Crippen molar-refractivity contribution in [2.45, 2.75) is 31.7 Å². The second-order valence-electron chi connectivity index (χ2n) is 7.36. The molecular weight excluding hydrogens is 314 g/mol. The topological polar surface area (TPSA) is 26.0 Å². The quantitative estimate of drug-likeness (QED) is 0.451. The summed E-state index contributed by atoms with van der Waals surface area (Å²) in [5.74, 6) is 0.467. The molecule has 1 unspecified atom stereocenters. The van der Waals surface area contributed by atoms with Crippen LogP contribution >= 0.6 is 0 Å². The molecule has 1 aliphatic carbocycles. The number of hydrogen-bond donors (Lipinski definition) is 1. The minimum absolute atomic E-state index is 0.467. The lowest BCUT2D eigenvalue weighted by atomic mass is 9.76. The fraction of sp³-hybridized carbons (Fsp3) is 0.200. The van der Waals surface area contributed by atoms with Crippen molar-refractivity contribution in [2.24, 2.45) is 5.73 Å². The molecule has 4 aromatic carbocycles. The molecule has 0 spiro atoms. The molecule has 0 fully saturated rings. The maximum atomic E-state index is 6.03. The lowest BCUT2D eigenvalue weighted by Gasteiger charge is -2.29. The van der Waals surface area contributed by atoms with Gasteiger partial charge in [-0.1, -0.05) is 72.8 Å². The second kappa shape index (κ2) is 6.26. The van der Waals surface area contributed by atoms with Gasteiger partial charge in [0.15, 0.2) is 0 Å². The third-order valence-corrected chi connectivity index (χ3v) is 6.02. The van der Waals surface area contributed by atoms with Crippen molar-refractivity contribution in [2.75, 3.05) is 0 Å². The van der Waals surface area contributed by atoms with E-state index in [4.69, 9.17) is 5.73 Å². The van der Waals surface area contributed by atoms with E-state index >= 15 is 0 Å². The number of aryl methyl sites for hydroxylation is 1. The van der Waals surface area contributed by atoms with Crippen LogP contribution in [0, 0.1) is 0 Å². The van der Waals surface area contributed by atoms with Crippen molar-refractivity contribution >= 4 is 21.5 Å². The first-order valence-corrected chi connectivity index (χ1v) is 9.58. The Morgan fingerprint density at radius 2 is 1.54 bits per heavy atom. The van der Waals surface area contributed by atoms with E-state index in [2.05, 4.69) is 72.8 Å². The minimum Gasteiger partial charge on any atom is -0.326 e. The number of nitrogens with two attached hydrogens (primary N) is 1. The summed E-state index contributed by atoms with van der Waals surface area (Å²) < 4.78 is 0. The van der Waals surface area contributed by atoms with Crippen LogP contribution < -0.4 is 5.73 Å². The summed E-state index contributed by atoms with van der Waals surface area (Å²) in [5.41, 5.74) is 11.8. The average molecular weight is 337 g/mol. The number of fused-ring (bicyclic) bond motifs is 5. The highest BCUT2D eigenvalue weighted by molar-refractivity contribution is 6.08. The maximum absolute atomic E-state index is 6.03. The lowest BCUT2D eigenvalue weighted by Crippen LogP contribution is -2.14. The van der Waals surface area contributed by atoms with Gasteiger partial charge < -0.3 is 5.73 Å². The van der Waals surface area contributed by atoms with Gasteiger partial charge in [0.25, 0.3) is 0 Å². The van der Waals surface area contributed by atoms with Gasteiger partial charge in [-0.25, -0.2) is 0 Å². The highest BCUT2D eigenvalue weighted by Gasteiger charge is 2.24. The molecule has 0 radical (unpaired) electrons. The van der Waals surface area contributed by atoms with E-state index in [0.717, 1.165) is 0 Å². The van der Waals surface area contributed by atoms with Crippen LogP contribution in [-0.4, -0.2) is 0 Å². The molecule has 0 saturated heterocycles. The summed E-state index contributed by atoms with van der Waals surface area (Å²) in [6.45, 7) is 0.611. The first-order valence-electron chi connectivity index (χ1n) is 9.58. The molecular formula is C25H23N. The van der Waals surface area contributed by atoms with Crippen molar-refractivity contribution in [1.82, 2.24) is 0 Å². The summed E-state index contributed by atoms with van der Waals surface area (Å²) in [7, 11) is 0. The Hall–Kier alpha value is -2.64. The van der Waals surface area contributed by atoms with E-state index in [1.807, 2.05) is 0 Å². The predicted molar refractivity (Wildman–Crippen MR) is 111 cm³/mol. The summed E-state index contributed by atoms with van der Waals surface area (Å²) in [5, 5.41) is 5.49. The fourth-order valence-corrected chi connectivity index (χ4v) is 4.79. The monoisotopic (exact) mass is 337 g/mol. The van der Waals surface area contributed by atoms with Gasteiger partial charge in [0.1, 0.15) is 0 Å². The van der Waals surface area contributed by atoms with Gasteiger partial charge in [0.2, 0.25) is 0 Å². The summed E-state index contributed by atoms with van der Waals surface area (Å²) in [6.07, 6.45) is 3.62. The van der Waals surface area contributed by atoms with Gasteiger partial charge in [-0.3, -0.25) is 0 Å². The Kier molecular flexibility index (Phi) is 3.76. The Labute approximate surface area is 154 Å². The van der Waals surface area contributed by atoms with Gasteiger partial charge in [-0.15, -0.1) is 0 Å². The van der Waals surface area contributed by atoms with Gasteiger partial charge in [0.05, 0.1) is 0 Å². The Bertz CT molecular complexity index is 1110. The molecule has 1 atom stereocenters. The molecule has 1 aliphatic rings. The molecule has 1 nitrogen and oxygen atoms in total. The first kappa shape index (κ1) is 15.6. The highest BCUT2D eigenvalue weighted by Crippen LogP contribution is 2.41. The number of benzene rings is 4. The summed E-state index contributed by atoms with van der Waals surface area (Å²) in [4.78, 5) is 0. The maximum Gasteiger partial charge on any atom is 0.0181 e. The van der Waals surface area contributed by atoms with E-state index in [1.165, 1.54) is 63.1 Å². The van der Waals surface area contributed by atoms with E-state index in [0.29, 0.717) is 12.5 Å². The largest absolute Gasteiger partial charge is 0.326 e. The number of rotatable bonds is 2. The predicted octanol–water partition coefficient (Wildman–Crippen LogP) is 5.92. The van der Waals surface area contributed by atoms with Crippen molar-refractivity contribution < 1.29 is 0 Å². The zero-order valence-electron chi connectivity index (χ0n) is 14.9. The summed E-state index contributed by atoms with van der Waals surface area (Å²) >= 11 is 0. The lowest BCUT2D eigenvalue weighted by molar-refractivity contribution is 0.615. The molecule has 0 saturated carbocycles. The Morgan fingerprint density at radius 3 is 2.46 bits per heavy atom. The molecule has 0 heterocycles. The molecule has 1 heteroatoms. The smallest absolute Gasteiger partial charge is 0.0181 e. The van der Waals surface area contributed by atoms with Gasteiger partial charge in [-0.2, -0.15) is 0 Å². The van der Waals surface area contributed by atoms with Crippen molar-refractivity contribution in [3.05, 3.63) is 95.1 Å². The highest BCUT2D eigenvalue weighted by atomic mass is 14.5.